The monoisotopic (exact) mass is 281 g/mol. The van der Waals surface area contributed by atoms with Crippen molar-refractivity contribution < 1.29 is 18.6 Å². The highest BCUT2D eigenvalue weighted by Crippen LogP contribution is 2.28. The number of thioether (sulfide) groups is 1. The fourth-order valence-corrected chi connectivity index (χ4v) is 3.04. The van der Waals surface area contributed by atoms with Gasteiger partial charge >= 0.3 is 0 Å². The van der Waals surface area contributed by atoms with Crippen LogP contribution in [0, 0.1) is 0 Å². The molecule has 0 amide bonds. The van der Waals surface area contributed by atoms with Crippen LogP contribution in [-0.4, -0.2) is 14.1 Å². The topological polar surface area (TPSA) is 92.6 Å². The van der Waals surface area contributed by atoms with Gasteiger partial charge in [0.15, 0.2) is 0 Å². The Morgan fingerprint density at radius 2 is 1.83 bits per heavy atom. The molecule has 0 aliphatic carbocycles. The Hall–Kier alpha value is -1.73. The zero-order chi connectivity index (χ0) is 13.2. The van der Waals surface area contributed by atoms with E-state index in [9.17, 15) is 18.6 Å². The molecule has 1 aliphatic heterocycles. The molecule has 2 rings (SSSR count). The first-order valence-corrected chi connectivity index (χ1v) is 7.14. The molecule has 0 fully saturated rings. The van der Waals surface area contributed by atoms with E-state index in [1.54, 1.807) is 18.2 Å². The molecule has 0 saturated heterocycles. The fraction of sp³-hybridized carbons (Fsp3) is 0. The van der Waals surface area contributed by atoms with E-state index in [1.807, 2.05) is 0 Å². The summed E-state index contributed by atoms with van der Waals surface area (Å²) < 4.78 is 27.3. The maximum absolute atomic E-state index is 11.9. The average molecular weight is 281 g/mol. The Bertz CT molecular complexity index is 641. The molecule has 0 saturated carbocycles. The number of benzene rings is 1. The molecule has 18 heavy (non-hydrogen) atoms. The van der Waals surface area contributed by atoms with Crippen molar-refractivity contribution in [3.05, 3.63) is 52.7 Å². The highest BCUT2D eigenvalue weighted by molar-refractivity contribution is 8.07. The second-order valence-electron chi connectivity index (χ2n) is 3.30. The third-order valence-corrected chi connectivity index (χ3v) is 4.28. The second kappa shape index (κ2) is 4.87. The van der Waals surface area contributed by atoms with Gasteiger partial charge in [-0.2, -0.15) is 18.8 Å². The highest BCUT2D eigenvalue weighted by Gasteiger charge is 2.16. The number of nitrogens with zero attached hydrogens (tertiary/aromatic N) is 1. The summed E-state index contributed by atoms with van der Waals surface area (Å²) >= 11 is 0.873. The standard InChI is InChI=1S/C11H9NO4S2/c13-11(14)10-9(6-7-17-10)12-18(15,16)8-4-2-1-3-5-8/h1-7,13-14H/p-2/b12-9+. The molecule has 0 unspecified atom stereocenters. The van der Waals surface area contributed by atoms with E-state index >= 15 is 0 Å². The Morgan fingerprint density at radius 1 is 1.17 bits per heavy atom. The molecule has 1 heterocycles. The van der Waals surface area contributed by atoms with Gasteiger partial charge in [-0.05, 0) is 23.6 Å². The molecule has 1 aromatic rings. The molecule has 94 valence electrons. The minimum absolute atomic E-state index is 0.0143. The Labute approximate surface area is 108 Å². The van der Waals surface area contributed by atoms with Crippen LogP contribution >= 0.6 is 11.8 Å². The first-order valence-electron chi connectivity index (χ1n) is 4.82. The number of hydrogen-bond donors (Lipinski definition) is 0. The van der Waals surface area contributed by atoms with Crippen molar-refractivity contribution in [2.75, 3.05) is 0 Å². The molecule has 0 atom stereocenters. The molecule has 5 nitrogen and oxygen atoms in total. The molecular weight excluding hydrogens is 274 g/mol. The SMILES string of the molecule is O=S(=O)(/N=C1\C=CSC1=C([O-])[O-])c1ccccc1. The zero-order valence-electron chi connectivity index (χ0n) is 8.94. The van der Waals surface area contributed by atoms with Crippen LogP contribution in [0.3, 0.4) is 0 Å². The van der Waals surface area contributed by atoms with Crippen LogP contribution in [0.1, 0.15) is 0 Å². The minimum Gasteiger partial charge on any atom is -0.883 e. The van der Waals surface area contributed by atoms with Crippen molar-refractivity contribution in [3.63, 3.8) is 0 Å². The molecule has 1 aromatic carbocycles. The summed E-state index contributed by atoms with van der Waals surface area (Å²) in [5.41, 5.74) is -0.108. The molecule has 0 aromatic heterocycles. The summed E-state index contributed by atoms with van der Waals surface area (Å²) in [6, 6.07) is 7.59. The van der Waals surface area contributed by atoms with E-state index in [-0.39, 0.29) is 15.5 Å². The lowest BCUT2D eigenvalue weighted by Gasteiger charge is -2.20. The first-order chi connectivity index (χ1) is 8.50. The second-order valence-corrected chi connectivity index (χ2v) is 5.82. The third kappa shape index (κ3) is 2.57. The van der Waals surface area contributed by atoms with Gasteiger partial charge in [0, 0.05) is 4.91 Å². The molecule has 0 N–H and O–H groups in total. The van der Waals surface area contributed by atoms with E-state index in [0.29, 0.717) is 0 Å². The Morgan fingerprint density at radius 3 is 2.44 bits per heavy atom. The summed E-state index contributed by atoms with van der Waals surface area (Å²) in [5.74, 6) is -1.44. The van der Waals surface area contributed by atoms with Crippen LogP contribution in [0.5, 0.6) is 0 Å². The van der Waals surface area contributed by atoms with Crippen molar-refractivity contribution in [3.8, 4) is 0 Å². The minimum atomic E-state index is -3.90. The van der Waals surface area contributed by atoms with Gasteiger partial charge in [-0.1, -0.05) is 30.0 Å². The average Bonchev–Trinajstić information content (AvgIpc) is 2.78. The van der Waals surface area contributed by atoms with Crippen LogP contribution < -0.4 is 10.2 Å². The molecule has 0 spiro atoms. The maximum atomic E-state index is 11.9. The van der Waals surface area contributed by atoms with Crippen molar-refractivity contribution >= 4 is 27.5 Å². The van der Waals surface area contributed by atoms with Crippen LogP contribution in [0.2, 0.25) is 0 Å². The summed E-state index contributed by atoms with van der Waals surface area (Å²) in [5, 5.41) is 22.9. The van der Waals surface area contributed by atoms with Gasteiger partial charge in [0.1, 0.15) is 0 Å². The van der Waals surface area contributed by atoms with Gasteiger partial charge < -0.3 is 10.2 Å². The van der Waals surface area contributed by atoms with E-state index in [1.165, 1.54) is 23.6 Å². The first kappa shape index (κ1) is 12.7. The Kier molecular flexibility index (Phi) is 3.44. The molecule has 7 heteroatoms. The smallest absolute Gasteiger partial charge is 0.282 e. The summed E-state index contributed by atoms with van der Waals surface area (Å²) in [7, 11) is -3.90. The van der Waals surface area contributed by atoms with Gasteiger partial charge in [-0.3, -0.25) is 0 Å². The Balaban J connectivity index is 2.46. The summed E-state index contributed by atoms with van der Waals surface area (Å²) in [6.07, 6.45) is 1.33. The normalized spacial score (nSPS) is 17.3. The van der Waals surface area contributed by atoms with Gasteiger partial charge in [-0.15, -0.1) is 0 Å². The van der Waals surface area contributed by atoms with Gasteiger partial charge in [0.05, 0.1) is 10.6 Å². The number of sulfonamides is 1. The van der Waals surface area contributed by atoms with Crippen LogP contribution in [0.15, 0.2) is 62.0 Å². The molecular formula is C11H7NO4S2-2. The molecule has 0 radical (unpaired) electrons. The highest BCUT2D eigenvalue weighted by atomic mass is 32.2. The lowest BCUT2D eigenvalue weighted by atomic mass is 10.3. The van der Waals surface area contributed by atoms with Gasteiger partial charge in [0.2, 0.25) is 0 Å². The van der Waals surface area contributed by atoms with Crippen molar-refractivity contribution in [1.29, 1.82) is 0 Å². The van der Waals surface area contributed by atoms with Gasteiger partial charge in [-0.25, -0.2) is 0 Å². The predicted octanol–water partition coefficient (Wildman–Crippen LogP) is -0.0335. The zero-order valence-corrected chi connectivity index (χ0v) is 10.6. The van der Waals surface area contributed by atoms with Crippen LogP contribution in [0.25, 0.3) is 0 Å². The summed E-state index contributed by atoms with van der Waals surface area (Å²) in [4.78, 5) is -0.185. The van der Waals surface area contributed by atoms with Crippen molar-refractivity contribution in [2.45, 2.75) is 4.90 Å². The third-order valence-electron chi connectivity index (χ3n) is 2.09. The fourth-order valence-electron chi connectivity index (χ4n) is 1.30. The maximum Gasteiger partial charge on any atom is 0.282 e. The number of hydrogen-bond acceptors (Lipinski definition) is 5. The molecule has 0 bridgehead atoms. The lowest BCUT2D eigenvalue weighted by Crippen LogP contribution is -2.22. The van der Waals surface area contributed by atoms with Crippen LogP contribution in [-0.2, 0) is 10.0 Å². The number of rotatable bonds is 2. The lowest BCUT2D eigenvalue weighted by molar-refractivity contribution is -0.513. The summed E-state index contributed by atoms with van der Waals surface area (Å²) in [6.45, 7) is 0. The van der Waals surface area contributed by atoms with Crippen molar-refractivity contribution in [2.24, 2.45) is 4.40 Å². The van der Waals surface area contributed by atoms with E-state index in [2.05, 4.69) is 4.40 Å². The predicted molar refractivity (Wildman–Crippen MR) is 64.8 cm³/mol. The quantitative estimate of drug-likeness (QED) is 0.709. The van der Waals surface area contributed by atoms with Crippen LogP contribution in [0.4, 0.5) is 0 Å². The van der Waals surface area contributed by atoms with Gasteiger partial charge in [0.25, 0.3) is 10.0 Å². The molecule has 1 aliphatic rings. The number of allylic oxidation sites excluding steroid dienone is 2. The van der Waals surface area contributed by atoms with E-state index in [0.717, 1.165) is 11.8 Å². The van der Waals surface area contributed by atoms with Crippen molar-refractivity contribution in [1.82, 2.24) is 0 Å². The largest absolute Gasteiger partial charge is 0.883 e. The van der Waals surface area contributed by atoms with E-state index in [4.69, 9.17) is 0 Å². The van der Waals surface area contributed by atoms with E-state index < -0.39 is 16.0 Å².